The number of carbonyl (C=O) groups excluding carboxylic acids is 2. The van der Waals surface area contributed by atoms with Crippen molar-refractivity contribution >= 4 is 64.1 Å². The molecule has 0 saturated heterocycles. The lowest BCUT2D eigenvalue weighted by molar-refractivity contribution is -0.113. The molecule has 0 bridgehead atoms. The predicted octanol–water partition coefficient (Wildman–Crippen LogP) is 4.92. The zero-order chi connectivity index (χ0) is 22.4. The highest BCUT2D eigenvalue weighted by molar-refractivity contribution is 7.99. The summed E-state index contributed by atoms with van der Waals surface area (Å²) in [4.78, 5) is 24.6. The normalized spacial score (nSPS) is 10.7. The van der Waals surface area contributed by atoms with Crippen LogP contribution in [0.25, 0.3) is 0 Å². The van der Waals surface area contributed by atoms with Crippen molar-refractivity contribution in [2.24, 2.45) is 0 Å². The second kappa shape index (κ2) is 10.9. The van der Waals surface area contributed by atoms with E-state index in [2.05, 4.69) is 20.8 Å². The van der Waals surface area contributed by atoms with Gasteiger partial charge in [-0.1, -0.05) is 58.7 Å². The van der Waals surface area contributed by atoms with Crippen LogP contribution in [-0.2, 0) is 17.9 Å². The molecule has 0 aliphatic heterocycles. The van der Waals surface area contributed by atoms with Gasteiger partial charge in [-0.3, -0.25) is 9.59 Å². The fourth-order valence-electron chi connectivity index (χ4n) is 2.73. The number of thioether (sulfide) groups is 1. The minimum atomic E-state index is -0.301. The molecule has 3 rings (SSSR count). The first-order valence-corrected chi connectivity index (χ1v) is 11.3. The summed E-state index contributed by atoms with van der Waals surface area (Å²) < 4.78 is 1.83. The van der Waals surface area contributed by atoms with Crippen LogP contribution < -0.4 is 10.6 Å². The molecular formula is C20H18Cl3N5O2S. The van der Waals surface area contributed by atoms with Crippen LogP contribution in [-0.4, -0.2) is 32.3 Å². The minimum Gasteiger partial charge on any atom is -0.345 e. The molecule has 31 heavy (non-hydrogen) atoms. The fraction of sp³-hybridized carbons (Fsp3) is 0.200. The average molecular weight is 499 g/mol. The summed E-state index contributed by atoms with van der Waals surface area (Å²) in [6.07, 6.45) is 0. The zero-order valence-corrected chi connectivity index (χ0v) is 19.4. The molecule has 0 radical (unpaired) electrons. The number of carbonyl (C=O) groups is 2. The van der Waals surface area contributed by atoms with E-state index in [1.54, 1.807) is 42.5 Å². The van der Waals surface area contributed by atoms with Crippen LogP contribution in [0.1, 0.15) is 23.1 Å². The lowest BCUT2D eigenvalue weighted by atomic mass is 10.2. The summed E-state index contributed by atoms with van der Waals surface area (Å²) in [7, 11) is 0. The Morgan fingerprint density at radius 3 is 2.45 bits per heavy atom. The number of rotatable bonds is 8. The Labute approximate surface area is 198 Å². The Hall–Kier alpha value is -2.26. The van der Waals surface area contributed by atoms with E-state index in [9.17, 15) is 9.59 Å². The van der Waals surface area contributed by atoms with E-state index in [1.807, 2.05) is 11.5 Å². The number of aromatic nitrogens is 3. The molecule has 1 aromatic heterocycles. The van der Waals surface area contributed by atoms with Crippen molar-refractivity contribution in [3.8, 4) is 0 Å². The highest BCUT2D eigenvalue weighted by atomic mass is 35.5. The molecule has 0 atom stereocenters. The standard InChI is InChI=1S/C20H18Cl3N5O2S/c1-2-28-17(10-24-19(30)15-5-3-4-6-16(15)23)26-27-20(28)31-11-18(29)25-14-8-12(21)7-13(22)9-14/h3-9H,2,10-11H2,1H3,(H,24,30)(H,25,29). The Bertz CT molecular complexity index is 1090. The quantitative estimate of drug-likeness (QED) is 0.430. The second-order valence-electron chi connectivity index (χ2n) is 6.30. The summed E-state index contributed by atoms with van der Waals surface area (Å²) in [6.45, 7) is 2.69. The number of hydrogen-bond donors (Lipinski definition) is 2. The highest BCUT2D eigenvalue weighted by Gasteiger charge is 2.15. The number of nitrogens with one attached hydrogen (secondary N) is 2. The van der Waals surface area contributed by atoms with Crippen LogP contribution in [0.15, 0.2) is 47.6 Å². The molecule has 11 heteroatoms. The van der Waals surface area contributed by atoms with Crippen LogP contribution in [0.2, 0.25) is 15.1 Å². The fourth-order valence-corrected chi connectivity index (χ4v) is 4.30. The first kappa shape index (κ1) is 23.4. The van der Waals surface area contributed by atoms with Gasteiger partial charge in [0, 0.05) is 22.3 Å². The van der Waals surface area contributed by atoms with Gasteiger partial charge in [0.2, 0.25) is 5.91 Å². The molecule has 2 amide bonds. The van der Waals surface area contributed by atoms with Crippen molar-refractivity contribution < 1.29 is 9.59 Å². The van der Waals surface area contributed by atoms with Crippen molar-refractivity contribution in [3.63, 3.8) is 0 Å². The van der Waals surface area contributed by atoms with E-state index in [0.29, 0.717) is 43.8 Å². The number of nitrogens with zero attached hydrogens (tertiary/aromatic N) is 3. The average Bonchev–Trinajstić information content (AvgIpc) is 3.12. The van der Waals surface area contributed by atoms with Crippen molar-refractivity contribution in [2.75, 3.05) is 11.1 Å². The van der Waals surface area contributed by atoms with Crippen LogP contribution in [0.4, 0.5) is 5.69 Å². The van der Waals surface area contributed by atoms with Crippen LogP contribution >= 0.6 is 46.6 Å². The van der Waals surface area contributed by atoms with E-state index in [0.717, 1.165) is 0 Å². The van der Waals surface area contributed by atoms with Gasteiger partial charge in [0.15, 0.2) is 11.0 Å². The van der Waals surface area contributed by atoms with Gasteiger partial charge in [0.25, 0.3) is 5.91 Å². The van der Waals surface area contributed by atoms with Crippen LogP contribution in [0.5, 0.6) is 0 Å². The largest absolute Gasteiger partial charge is 0.345 e. The molecule has 1 heterocycles. The third-order valence-corrected chi connectivity index (χ3v) is 5.85. The van der Waals surface area contributed by atoms with Gasteiger partial charge < -0.3 is 15.2 Å². The Balaban J connectivity index is 1.58. The maximum atomic E-state index is 12.4. The Morgan fingerprint density at radius 2 is 1.77 bits per heavy atom. The Kier molecular flexibility index (Phi) is 8.20. The molecule has 0 spiro atoms. The maximum Gasteiger partial charge on any atom is 0.253 e. The molecule has 2 N–H and O–H groups in total. The third-order valence-electron chi connectivity index (χ3n) is 4.11. The topological polar surface area (TPSA) is 88.9 Å². The lowest BCUT2D eigenvalue weighted by Crippen LogP contribution is -2.25. The van der Waals surface area contributed by atoms with Gasteiger partial charge in [-0.25, -0.2) is 0 Å². The van der Waals surface area contributed by atoms with E-state index in [4.69, 9.17) is 34.8 Å². The van der Waals surface area contributed by atoms with Gasteiger partial charge in [-0.05, 0) is 37.3 Å². The van der Waals surface area contributed by atoms with Gasteiger partial charge in [-0.15, -0.1) is 10.2 Å². The number of halogens is 3. The van der Waals surface area contributed by atoms with Crippen LogP contribution in [0, 0.1) is 0 Å². The van der Waals surface area contributed by atoms with Crippen molar-refractivity contribution in [3.05, 3.63) is 68.9 Å². The van der Waals surface area contributed by atoms with Crippen molar-refractivity contribution in [1.29, 1.82) is 0 Å². The molecule has 0 aliphatic rings. The summed E-state index contributed by atoms with van der Waals surface area (Å²) in [5.74, 6) is 0.161. The maximum absolute atomic E-state index is 12.4. The number of anilines is 1. The summed E-state index contributed by atoms with van der Waals surface area (Å²) in [5.41, 5.74) is 0.905. The molecule has 0 unspecified atom stereocenters. The van der Waals surface area contributed by atoms with E-state index >= 15 is 0 Å². The lowest BCUT2D eigenvalue weighted by Gasteiger charge is -2.09. The van der Waals surface area contributed by atoms with E-state index < -0.39 is 0 Å². The Morgan fingerprint density at radius 1 is 1.06 bits per heavy atom. The van der Waals surface area contributed by atoms with Crippen molar-refractivity contribution in [2.45, 2.75) is 25.2 Å². The first-order valence-electron chi connectivity index (χ1n) is 9.21. The molecule has 7 nitrogen and oxygen atoms in total. The van der Waals surface area contributed by atoms with Gasteiger partial charge in [0.1, 0.15) is 0 Å². The summed E-state index contributed by atoms with van der Waals surface area (Å²) in [6, 6.07) is 11.6. The number of amides is 2. The van der Waals surface area contributed by atoms with Gasteiger partial charge in [-0.2, -0.15) is 0 Å². The molecular weight excluding hydrogens is 481 g/mol. The summed E-state index contributed by atoms with van der Waals surface area (Å²) in [5, 5.41) is 15.6. The van der Waals surface area contributed by atoms with Crippen LogP contribution in [0.3, 0.4) is 0 Å². The van der Waals surface area contributed by atoms with E-state index in [1.165, 1.54) is 11.8 Å². The monoisotopic (exact) mass is 497 g/mol. The number of hydrogen-bond acceptors (Lipinski definition) is 5. The highest BCUT2D eigenvalue weighted by Crippen LogP contribution is 2.23. The molecule has 0 aliphatic carbocycles. The van der Waals surface area contributed by atoms with Crippen molar-refractivity contribution in [1.82, 2.24) is 20.1 Å². The molecule has 0 fully saturated rings. The summed E-state index contributed by atoms with van der Waals surface area (Å²) >= 11 is 19.2. The molecule has 2 aromatic carbocycles. The zero-order valence-electron chi connectivity index (χ0n) is 16.4. The molecule has 0 saturated carbocycles. The van der Waals surface area contributed by atoms with Gasteiger partial charge >= 0.3 is 0 Å². The predicted molar refractivity (Wildman–Crippen MR) is 124 cm³/mol. The second-order valence-corrected chi connectivity index (χ2v) is 8.52. The first-order chi connectivity index (χ1) is 14.9. The SMILES string of the molecule is CCn1c(CNC(=O)c2ccccc2Cl)nnc1SCC(=O)Nc1cc(Cl)cc(Cl)c1. The molecule has 162 valence electrons. The third kappa shape index (κ3) is 6.36. The van der Waals surface area contributed by atoms with E-state index in [-0.39, 0.29) is 24.1 Å². The molecule has 3 aromatic rings. The minimum absolute atomic E-state index is 0.119. The number of benzene rings is 2. The smallest absolute Gasteiger partial charge is 0.253 e. The van der Waals surface area contributed by atoms with Gasteiger partial charge in [0.05, 0.1) is 22.9 Å².